The maximum absolute atomic E-state index is 12.7. The highest BCUT2D eigenvalue weighted by molar-refractivity contribution is 7.85. The minimum absolute atomic E-state index is 0.0752. The summed E-state index contributed by atoms with van der Waals surface area (Å²) in [5.41, 5.74) is 5.97. The van der Waals surface area contributed by atoms with Gasteiger partial charge in [0.05, 0.1) is 15.7 Å². The Morgan fingerprint density at radius 3 is 1.33 bits per heavy atom. The Morgan fingerprint density at radius 2 is 0.875 bits per heavy atom. The predicted molar refractivity (Wildman–Crippen MR) is 192 cm³/mol. The van der Waals surface area contributed by atoms with E-state index in [-0.39, 0.29) is 5.78 Å². The molecule has 238 valence electrons. The fraction of sp³-hybridized carbons (Fsp3) is 0.0930. The van der Waals surface area contributed by atoms with Crippen LogP contribution in [0, 0.1) is 0 Å². The summed E-state index contributed by atoms with van der Waals surface area (Å²) in [6.45, 7) is 4.32. The van der Waals surface area contributed by atoms with E-state index in [9.17, 15) is 18.6 Å². The first-order chi connectivity index (χ1) is 23.3. The van der Waals surface area contributed by atoms with Crippen molar-refractivity contribution in [1.82, 2.24) is 0 Å². The highest BCUT2D eigenvalue weighted by Crippen LogP contribution is 2.36. The van der Waals surface area contributed by atoms with Gasteiger partial charge in [0.15, 0.2) is 5.78 Å². The minimum Gasteiger partial charge on any atom is -0.289 e. The van der Waals surface area contributed by atoms with Crippen molar-refractivity contribution in [3.63, 3.8) is 0 Å². The molecule has 1 atom stereocenters. The molecule has 0 amide bonds. The Balaban J connectivity index is 0.000000142. The van der Waals surface area contributed by atoms with Gasteiger partial charge in [-0.25, -0.2) is 4.21 Å². The van der Waals surface area contributed by atoms with Crippen LogP contribution < -0.4 is 0 Å². The number of rotatable bonds is 6. The first-order valence-electron chi connectivity index (χ1n) is 15.8. The lowest BCUT2D eigenvalue weighted by atomic mass is 9.97. The normalized spacial score (nSPS) is 12.6. The van der Waals surface area contributed by atoms with Crippen LogP contribution >= 0.6 is 0 Å². The van der Waals surface area contributed by atoms with Crippen LogP contribution in [0.1, 0.15) is 73.1 Å². The number of Topliss-reactive ketones (excluding diaryl/α,β-unsaturated/α-hetero) is 2. The maximum atomic E-state index is 12.7. The highest BCUT2D eigenvalue weighted by atomic mass is 32.2. The van der Waals surface area contributed by atoms with Gasteiger partial charge in [0, 0.05) is 27.1 Å². The Hall–Kier alpha value is -5.52. The number of carbonyl (C=O) groups excluding carboxylic acids is 3. The molecule has 0 fully saturated rings. The molecule has 0 radical (unpaired) electrons. The first kappa shape index (κ1) is 33.8. The molecular weight excluding hydrogens is 613 g/mol. The molecule has 0 aromatic heterocycles. The fourth-order valence-corrected chi connectivity index (χ4v) is 7.05. The van der Waals surface area contributed by atoms with Gasteiger partial charge >= 0.3 is 0 Å². The van der Waals surface area contributed by atoms with Crippen molar-refractivity contribution >= 4 is 28.1 Å². The fourth-order valence-electron chi connectivity index (χ4n) is 5.36. The van der Waals surface area contributed by atoms with Gasteiger partial charge in [-0.05, 0) is 35.1 Å². The SMILES string of the molecule is CC(C)c1cccc2c1S(=O)c1ccccc1C2.O=C(C(=O)c1ccccc1)c1ccccc1.O=C(c1ccccc1)c1ccccc1. The van der Waals surface area contributed by atoms with Crippen LogP contribution in [0.5, 0.6) is 0 Å². The van der Waals surface area contributed by atoms with Crippen LogP contribution in [0.15, 0.2) is 174 Å². The Morgan fingerprint density at radius 1 is 0.479 bits per heavy atom. The van der Waals surface area contributed by atoms with E-state index in [4.69, 9.17) is 0 Å². The average Bonchev–Trinajstić information content (AvgIpc) is 3.15. The third kappa shape index (κ3) is 8.24. The second-order valence-corrected chi connectivity index (χ2v) is 12.9. The molecule has 1 unspecified atom stereocenters. The van der Waals surface area contributed by atoms with E-state index in [0.717, 1.165) is 27.3 Å². The molecule has 1 aliphatic heterocycles. The molecule has 48 heavy (non-hydrogen) atoms. The topological polar surface area (TPSA) is 68.3 Å². The average molecular weight is 649 g/mol. The van der Waals surface area contributed by atoms with Crippen molar-refractivity contribution in [2.24, 2.45) is 0 Å². The van der Waals surface area contributed by atoms with Crippen LogP contribution in [-0.2, 0) is 17.2 Å². The highest BCUT2D eigenvalue weighted by Gasteiger charge is 2.25. The summed E-state index contributed by atoms with van der Waals surface area (Å²) in [5.74, 6) is -0.445. The number of fused-ring (bicyclic) bond motifs is 2. The number of hydrogen-bond acceptors (Lipinski definition) is 4. The number of benzene rings is 6. The molecule has 1 aliphatic rings. The first-order valence-corrected chi connectivity index (χ1v) is 17.0. The van der Waals surface area contributed by atoms with Gasteiger partial charge in [-0.15, -0.1) is 0 Å². The standard InChI is InChI=1S/C16H16OS.C14H10O2.C13H10O/c1-11(2)14-8-5-7-13-10-12-6-3-4-9-15(12)18(17)16(13)14;15-13(11-7-3-1-4-8-11)14(16)12-9-5-2-6-10-12;14-13(11-7-3-1-4-8-11)12-9-5-2-6-10-12/h3-9,11H,10H2,1-2H3;1-10H;1-10H. The van der Waals surface area contributed by atoms with Gasteiger partial charge in [0.2, 0.25) is 11.6 Å². The minimum atomic E-state index is -1.02. The smallest absolute Gasteiger partial charge is 0.233 e. The zero-order valence-corrected chi connectivity index (χ0v) is 27.7. The molecule has 7 rings (SSSR count). The summed E-state index contributed by atoms with van der Waals surface area (Å²) in [5, 5.41) is 0. The monoisotopic (exact) mass is 648 g/mol. The van der Waals surface area contributed by atoms with Gasteiger partial charge in [-0.3, -0.25) is 14.4 Å². The second kappa shape index (κ2) is 16.3. The van der Waals surface area contributed by atoms with Crippen LogP contribution in [0.2, 0.25) is 0 Å². The quantitative estimate of drug-likeness (QED) is 0.133. The summed E-state index contributed by atoms with van der Waals surface area (Å²) in [6, 6.07) is 50.1. The molecule has 0 saturated carbocycles. The molecule has 6 aromatic carbocycles. The molecule has 0 bridgehead atoms. The van der Waals surface area contributed by atoms with Gasteiger partial charge < -0.3 is 0 Å². The molecule has 4 nitrogen and oxygen atoms in total. The molecule has 0 aliphatic carbocycles. The molecule has 0 saturated heterocycles. The molecule has 0 spiro atoms. The summed E-state index contributed by atoms with van der Waals surface area (Å²) in [6.07, 6.45) is 0.901. The van der Waals surface area contributed by atoms with Crippen LogP contribution in [0.4, 0.5) is 0 Å². The molecule has 1 heterocycles. The van der Waals surface area contributed by atoms with Crippen molar-refractivity contribution in [1.29, 1.82) is 0 Å². The van der Waals surface area contributed by atoms with Crippen LogP contribution in [-0.4, -0.2) is 21.6 Å². The number of ketones is 3. The van der Waals surface area contributed by atoms with Gasteiger partial charge in [0.1, 0.15) is 0 Å². The predicted octanol–water partition coefficient (Wildman–Crippen LogP) is 9.55. The third-order valence-corrected chi connectivity index (χ3v) is 9.50. The van der Waals surface area contributed by atoms with Crippen molar-refractivity contribution < 1.29 is 18.6 Å². The van der Waals surface area contributed by atoms with Gasteiger partial charge in [0.25, 0.3) is 0 Å². The summed E-state index contributed by atoms with van der Waals surface area (Å²) < 4.78 is 12.7. The number of carbonyl (C=O) groups is 3. The van der Waals surface area contributed by atoms with Gasteiger partial charge in [-0.2, -0.15) is 0 Å². The van der Waals surface area contributed by atoms with Crippen LogP contribution in [0.3, 0.4) is 0 Å². The number of hydrogen-bond donors (Lipinski definition) is 0. The lowest BCUT2D eigenvalue weighted by Crippen LogP contribution is -2.14. The van der Waals surface area contributed by atoms with E-state index in [1.54, 1.807) is 48.5 Å². The summed E-state index contributed by atoms with van der Waals surface area (Å²) >= 11 is 0. The molecule has 0 N–H and O–H groups in total. The largest absolute Gasteiger partial charge is 0.289 e. The zero-order chi connectivity index (χ0) is 33.9. The Labute approximate surface area is 284 Å². The van der Waals surface area contributed by atoms with Crippen molar-refractivity contribution in [3.05, 3.63) is 203 Å². The lowest BCUT2D eigenvalue weighted by molar-refractivity contribution is 0.0817. The van der Waals surface area contributed by atoms with Crippen molar-refractivity contribution in [2.45, 2.75) is 36.0 Å². The molecular formula is C43H36O4S. The van der Waals surface area contributed by atoms with E-state index in [1.807, 2.05) is 91.0 Å². The van der Waals surface area contributed by atoms with E-state index in [0.29, 0.717) is 17.0 Å². The van der Waals surface area contributed by atoms with E-state index >= 15 is 0 Å². The molecule has 5 heteroatoms. The lowest BCUT2D eigenvalue weighted by Gasteiger charge is -2.22. The maximum Gasteiger partial charge on any atom is 0.233 e. The van der Waals surface area contributed by atoms with Crippen molar-refractivity contribution in [2.75, 3.05) is 0 Å². The van der Waals surface area contributed by atoms with E-state index < -0.39 is 22.4 Å². The molecule has 6 aromatic rings. The Kier molecular flexibility index (Phi) is 11.5. The summed E-state index contributed by atoms with van der Waals surface area (Å²) in [7, 11) is -1.02. The van der Waals surface area contributed by atoms with Crippen molar-refractivity contribution in [3.8, 4) is 0 Å². The Bertz CT molecular complexity index is 1930. The van der Waals surface area contributed by atoms with Gasteiger partial charge in [-0.1, -0.05) is 172 Å². The van der Waals surface area contributed by atoms with E-state index in [1.165, 1.54) is 16.7 Å². The third-order valence-electron chi connectivity index (χ3n) is 7.84. The summed E-state index contributed by atoms with van der Waals surface area (Å²) in [4.78, 5) is 37.5. The van der Waals surface area contributed by atoms with Crippen LogP contribution in [0.25, 0.3) is 0 Å². The second-order valence-electron chi connectivity index (χ2n) is 11.5. The zero-order valence-electron chi connectivity index (χ0n) is 26.9. The van der Waals surface area contributed by atoms with E-state index in [2.05, 4.69) is 38.1 Å².